The van der Waals surface area contributed by atoms with Gasteiger partial charge in [0.1, 0.15) is 5.65 Å². The third-order valence-corrected chi connectivity index (χ3v) is 8.56. The van der Waals surface area contributed by atoms with Crippen molar-refractivity contribution in [1.82, 2.24) is 14.9 Å². The van der Waals surface area contributed by atoms with Gasteiger partial charge in [-0.1, -0.05) is 19.1 Å². The molecule has 198 valence electrons. The Labute approximate surface area is 224 Å². The number of methoxy groups -OCH3 is 1. The molecule has 1 aliphatic rings. The van der Waals surface area contributed by atoms with Crippen LogP contribution in [0.2, 0.25) is 0 Å². The van der Waals surface area contributed by atoms with Crippen LogP contribution in [0.1, 0.15) is 32.3 Å². The number of nitrogens with one attached hydrogen (secondary N) is 2. The zero-order valence-corrected chi connectivity index (χ0v) is 22.9. The Hall–Kier alpha value is -3.72. The van der Waals surface area contributed by atoms with Gasteiger partial charge in [-0.15, -0.1) is 0 Å². The van der Waals surface area contributed by atoms with Crippen LogP contribution in [-0.2, 0) is 20.4 Å². The molecule has 8 nitrogen and oxygen atoms in total. The number of aryl methyl sites for hydroxylation is 1. The van der Waals surface area contributed by atoms with Gasteiger partial charge in [-0.3, -0.25) is 13.8 Å². The standard InChI is InChI=1S/C29H32N4O4S/c1-5-38(36)21-8-6-7-20(14-21)22-15-24(31-29(35)19-9-11-33(12-10-19)18(3)34)27(37-4)26-25(22)23-13-17(2)16-30-28(23)32-26/h6-8,13-16,19H,5,9-12H2,1-4H3,(H,30,32)(H,31,35). The number of carbonyl (C=O) groups excluding carboxylic acids is 2. The lowest BCUT2D eigenvalue weighted by Gasteiger charge is -2.30. The molecule has 5 rings (SSSR count). The molecule has 0 radical (unpaired) electrons. The summed E-state index contributed by atoms with van der Waals surface area (Å²) in [5, 5.41) is 4.99. The molecule has 1 fully saturated rings. The molecule has 0 aliphatic carbocycles. The van der Waals surface area contributed by atoms with Gasteiger partial charge >= 0.3 is 0 Å². The first-order valence-corrected chi connectivity index (χ1v) is 14.2. The Morgan fingerprint density at radius 2 is 1.97 bits per heavy atom. The summed E-state index contributed by atoms with van der Waals surface area (Å²) in [7, 11) is 0.486. The highest BCUT2D eigenvalue weighted by atomic mass is 32.2. The number of rotatable bonds is 6. The van der Waals surface area contributed by atoms with Crippen LogP contribution in [0.4, 0.5) is 5.69 Å². The fourth-order valence-corrected chi connectivity index (χ4v) is 6.06. The Kier molecular flexibility index (Phi) is 7.21. The third kappa shape index (κ3) is 4.78. The Bertz CT molecular complexity index is 1570. The molecule has 0 spiro atoms. The monoisotopic (exact) mass is 532 g/mol. The number of hydrogen-bond acceptors (Lipinski definition) is 5. The summed E-state index contributed by atoms with van der Waals surface area (Å²) in [6.45, 7) is 6.60. The SMILES string of the molecule is CCS(=O)c1cccc(-c2cc(NC(=O)C3CCN(C(C)=O)CC3)c(OC)c3[nH]c4ncc(C)cc4c23)c1. The molecule has 38 heavy (non-hydrogen) atoms. The molecule has 2 aromatic carbocycles. The maximum Gasteiger partial charge on any atom is 0.227 e. The smallest absolute Gasteiger partial charge is 0.227 e. The van der Waals surface area contributed by atoms with Crippen LogP contribution in [0.3, 0.4) is 0 Å². The summed E-state index contributed by atoms with van der Waals surface area (Å²) in [6.07, 6.45) is 3.04. The van der Waals surface area contributed by atoms with Crippen molar-refractivity contribution in [2.75, 3.05) is 31.3 Å². The van der Waals surface area contributed by atoms with Gasteiger partial charge in [0, 0.05) is 53.5 Å². The fraction of sp³-hybridized carbons (Fsp3) is 0.345. The van der Waals surface area contributed by atoms with Crippen molar-refractivity contribution in [3.63, 3.8) is 0 Å². The molecule has 2 amide bonds. The number of H-pyrrole nitrogens is 1. The van der Waals surface area contributed by atoms with Gasteiger partial charge in [0.15, 0.2) is 5.75 Å². The first-order valence-electron chi connectivity index (χ1n) is 12.8. The molecule has 2 N–H and O–H groups in total. The number of benzene rings is 2. The van der Waals surface area contributed by atoms with Crippen LogP contribution in [0, 0.1) is 12.8 Å². The summed E-state index contributed by atoms with van der Waals surface area (Å²) in [5.74, 6) is 0.803. The van der Waals surface area contributed by atoms with Gasteiger partial charge in [0.05, 0.1) is 29.1 Å². The van der Waals surface area contributed by atoms with E-state index in [1.165, 1.54) is 0 Å². The van der Waals surface area contributed by atoms with E-state index in [0.29, 0.717) is 43.1 Å². The lowest BCUT2D eigenvalue weighted by molar-refractivity contribution is -0.132. The van der Waals surface area contributed by atoms with E-state index in [2.05, 4.69) is 21.4 Å². The minimum atomic E-state index is -1.10. The summed E-state index contributed by atoms with van der Waals surface area (Å²) in [5.41, 5.74) is 4.82. The number of piperidine rings is 1. The third-order valence-electron chi connectivity index (χ3n) is 7.26. The quantitative estimate of drug-likeness (QED) is 0.363. The van der Waals surface area contributed by atoms with Gasteiger partial charge in [0.2, 0.25) is 11.8 Å². The highest BCUT2D eigenvalue weighted by Crippen LogP contribution is 2.44. The molecule has 2 aromatic heterocycles. The molecule has 9 heteroatoms. The van der Waals surface area contributed by atoms with Crippen molar-refractivity contribution >= 4 is 50.2 Å². The number of hydrogen-bond donors (Lipinski definition) is 2. The topological polar surface area (TPSA) is 104 Å². The zero-order chi connectivity index (χ0) is 27.0. The maximum atomic E-state index is 13.4. The van der Waals surface area contributed by atoms with Crippen LogP contribution in [0.15, 0.2) is 47.5 Å². The van der Waals surface area contributed by atoms with Gasteiger partial charge in [-0.2, -0.15) is 0 Å². The average Bonchev–Trinajstić information content (AvgIpc) is 3.30. The van der Waals surface area contributed by atoms with E-state index in [0.717, 1.165) is 43.5 Å². The number of aromatic amines is 1. The van der Waals surface area contributed by atoms with Crippen molar-refractivity contribution in [2.45, 2.75) is 38.5 Å². The Morgan fingerprint density at radius 1 is 1.21 bits per heavy atom. The minimum Gasteiger partial charge on any atom is -0.492 e. The number of anilines is 1. The van der Waals surface area contributed by atoms with E-state index in [4.69, 9.17) is 4.74 Å². The molecule has 0 bridgehead atoms. The van der Waals surface area contributed by atoms with Crippen LogP contribution in [0.25, 0.3) is 33.1 Å². The van der Waals surface area contributed by atoms with Crippen molar-refractivity contribution in [1.29, 1.82) is 0 Å². The van der Waals surface area contributed by atoms with E-state index in [1.54, 1.807) is 18.9 Å². The van der Waals surface area contributed by atoms with E-state index < -0.39 is 10.8 Å². The molecule has 4 aromatic rings. The number of likely N-dealkylation sites (tertiary alicyclic amines) is 1. The van der Waals surface area contributed by atoms with E-state index in [1.807, 2.05) is 50.4 Å². The normalized spacial score (nSPS) is 15.1. The Morgan fingerprint density at radius 3 is 2.66 bits per heavy atom. The molecule has 1 aliphatic heterocycles. The summed E-state index contributed by atoms with van der Waals surface area (Å²) < 4.78 is 18.5. The number of carbonyl (C=O) groups is 2. The molecule has 1 unspecified atom stereocenters. The van der Waals surface area contributed by atoms with Crippen LogP contribution in [-0.4, -0.2) is 56.8 Å². The number of fused-ring (bicyclic) bond motifs is 3. The van der Waals surface area contributed by atoms with Gasteiger partial charge in [0.25, 0.3) is 0 Å². The molecule has 1 atom stereocenters. The number of ether oxygens (including phenoxy) is 1. The fourth-order valence-electron chi connectivity index (χ4n) is 5.24. The van der Waals surface area contributed by atoms with Crippen molar-refractivity contribution in [3.8, 4) is 16.9 Å². The first-order chi connectivity index (χ1) is 18.3. The second-order valence-electron chi connectivity index (χ2n) is 9.72. The van der Waals surface area contributed by atoms with Crippen LogP contribution >= 0.6 is 0 Å². The summed E-state index contributed by atoms with van der Waals surface area (Å²) in [4.78, 5) is 35.6. The summed E-state index contributed by atoms with van der Waals surface area (Å²) in [6, 6.07) is 11.7. The highest BCUT2D eigenvalue weighted by Gasteiger charge is 2.28. The van der Waals surface area contributed by atoms with Crippen molar-refractivity contribution < 1.29 is 18.5 Å². The van der Waals surface area contributed by atoms with E-state index in [-0.39, 0.29) is 17.7 Å². The van der Waals surface area contributed by atoms with E-state index >= 15 is 0 Å². The van der Waals surface area contributed by atoms with Gasteiger partial charge in [-0.25, -0.2) is 4.98 Å². The number of nitrogens with zero attached hydrogens (tertiary/aromatic N) is 2. The molecule has 3 heterocycles. The molecule has 1 saturated heterocycles. The Balaban J connectivity index is 1.64. The predicted molar refractivity (Wildman–Crippen MR) is 151 cm³/mol. The number of pyridine rings is 1. The molecular weight excluding hydrogens is 500 g/mol. The van der Waals surface area contributed by atoms with Gasteiger partial charge in [-0.05, 0) is 60.7 Å². The van der Waals surface area contributed by atoms with Gasteiger partial charge < -0.3 is 19.9 Å². The lowest BCUT2D eigenvalue weighted by Crippen LogP contribution is -2.40. The largest absolute Gasteiger partial charge is 0.492 e. The highest BCUT2D eigenvalue weighted by molar-refractivity contribution is 7.85. The average molecular weight is 533 g/mol. The van der Waals surface area contributed by atoms with Crippen LogP contribution in [0.5, 0.6) is 5.75 Å². The lowest BCUT2D eigenvalue weighted by atomic mass is 9.95. The van der Waals surface area contributed by atoms with E-state index in [9.17, 15) is 13.8 Å². The maximum absolute atomic E-state index is 13.4. The zero-order valence-electron chi connectivity index (χ0n) is 22.1. The molecule has 0 saturated carbocycles. The molecular formula is C29H32N4O4S. The van der Waals surface area contributed by atoms with Crippen molar-refractivity contribution in [2.24, 2.45) is 5.92 Å². The minimum absolute atomic E-state index is 0.0366. The number of amides is 2. The summed E-state index contributed by atoms with van der Waals surface area (Å²) >= 11 is 0. The second-order valence-corrected chi connectivity index (χ2v) is 11.5. The van der Waals surface area contributed by atoms with Crippen LogP contribution < -0.4 is 10.1 Å². The first kappa shape index (κ1) is 25.9. The van der Waals surface area contributed by atoms with Crippen molar-refractivity contribution in [3.05, 3.63) is 48.2 Å². The predicted octanol–water partition coefficient (Wildman–Crippen LogP) is 5.02. The number of aromatic nitrogens is 2. The second kappa shape index (κ2) is 10.6.